The van der Waals surface area contributed by atoms with Crippen LogP contribution in [0.4, 0.5) is 4.79 Å². The Morgan fingerprint density at radius 3 is 2.40 bits per heavy atom. The van der Waals surface area contributed by atoms with Gasteiger partial charge in [-0.3, -0.25) is 0 Å². The van der Waals surface area contributed by atoms with E-state index in [1.165, 1.54) is 4.90 Å². The highest BCUT2D eigenvalue weighted by molar-refractivity contribution is 5.66. The van der Waals surface area contributed by atoms with Crippen LogP contribution < -0.4 is 5.73 Å². The summed E-state index contributed by atoms with van der Waals surface area (Å²) in [6.07, 6.45) is -0.950. The zero-order valence-electron chi connectivity index (χ0n) is 9.99. The molecule has 0 heterocycles. The molecule has 90 valence electrons. The fourth-order valence-electron chi connectivity index (χ4n) is 1.20. The molecule has 1 atom stereocenters. The third-order valence-corrected chi connectivity index (χ3v) is 1.99. The second kappa shape index (κ2) is 5.92. The molecule has 0 aliphatic rings. The summed E-state index contributed by atoms with van der Waals surface area (Å²) >= 11 is 0. The normalized spacial score (nSPS) is 13.7. The molecule has 0 saturated carbocycles. The van der Waals surface area contributed by atoms with E-state index in [1.807, 2.05) is 27.7 Å². The van der Waals surface area contributed by atoms with Crippen LogP contribution in [0.15, 0.2) is 0 Å². The lowest BCUT2D eigenvalue weighted by atomic mass is 10.1. The lowest BCUT2D eigenvalue weighted by Gasteiger charge is -2.34. The summed E-state index contributed by atoms with van der Waals surface area (Å²) in [5.41, 5.74) is 5.33. The average Bonchev–Trinajstić information content (AvgIpc) is 2.08. The van der Waals surface area contributed by atoms with Crippen molar-refractivity contribution in [2.75, 3.05) is 19.8 Å². The number of amides is 1. The number of hydrogen-bond acceptors (Lipinski definition) is 3. The number of carboxylic acid groups (broad SMARTS) is 1. The van der Waals surface area contributed by atoms with E-state index in [4.69, 9.17) is 15.6 Å². The van der Waals surface area contributed by atoms with Gasteiger partial charge in [-0.15, -0.1) is 0 Å². The second-order valence-electron chi connectivity index (χ2n) is 4.48. The molecule has 3 N–H and O–H groups in total. The van der Waals surface area contributed by atoms with Gasteiger partial charge in [-0.1, -0.05) is 0 Å². The summed E-state index contributed by atoms with van der Waals surface area (Å²) in [6, 6.07) is -0.278. The van der Waals surface area contributed by atoms with Gasteiger partial charge in [0.2, 0.25) is 0 Å². The topological polar surface area (TPSA) is 75.8 Å². The van der Waals surface area contributed by atoms with Crippen molar-refractivity contribution in [2.45, 2.75) is 39.3 Å². The predicted molar refractivity (Wildman–Crippen MR) is 59.0 cm³/mol. The van der Waals surface area contributed by atoms with E-state index in [0.717, 1.165) is 0 Å². The molecule has 0 radical (unpaired) electrons. The molecule has 0 spiro atoms. The second-order valence-corrected chi connectivity index (χ2v) is 4.48. The number of carbonyl (C=O) groups is 1. The lowest BCUT2D eigenvalue weighted by Crippen LogP contribution is -2.51. The highest BCUT2D eigenvalue weighted by Crippen LogP contribution is 2.13. The first-order chi connectivity index (χ1) is 6.79. The minimum Gasteiger partial charge on any atom is -0.465 e. The Hall–Kier alpha value is -0.810. The molecule has 0 aliphatic carbocycles. The Bertz CT molecular complexity index is 201. The van der Waals surface area contributed by atoms with Crippen molar-refractivity contribution in [2.24, 2.45) is 5.73 Å². The summed E-state index contributed by atoms with van der Waals surface area (Å²) in [5, 5.41) is 9.01. The van der Waals surface area contributed by atoms with Gasteiger partial charge < -0.3 is 20.5 Å². The molecule has 1 amide bonds. The third kappa shape index (κ3) is 5.59. The highest BCUT2D eigenvalue weighted by atomic mass is 16.5. The average molecular weight is 218 g/mol. The van der Waals surface area contributed by atoms with Gasteiger partial charge in [0.15, 0.2) is 0 Å². The van der Waals surface area contributed by atoms with Crippen molar-refractivity contribution in [3.63, 3.8) is 0 Å². The van der Waals surface area contributed by atoms with Gasteiger partial charge in [0.1, 0.15) is 0 Å². The van der Waals surface area contributed by atoms with Crippen molar-refractivity contribution < 1.29 is 14.6 Å². The number of nitrogens with zero attached hydrogens (tertiary/aromatic N) is 1. The van der Waals surface area contributed by atoms with Gasteiger partial charge >= 0.3 is 6.09 Å². The largest absolute Gasteiger partial charge is 0.465 e. The standard InChI is InChI=1S/C10H22N2O3/c1-5-15-7-8(11)6-12(9(13)14)10(2,3)4/h8H,5-7,11H2,1-4H3,(H,13,14). The molecule has 0 aliphatic heterocycles. The smallest absolute Gasteiger partial charge is 0.407 e. The zero-order valence-corrected chi connectivity index (χ0v) is 9.99. The molecule has 0 saturated heterocycles. The Labute approximate surface area is 91.2 Å². The Morgan fingerprint density at radius 1 is 1.53 bits per heavy atom. The van der Waals surface area contributed by atoms with Gasteiger partial charge in [0.05, 0.1) is 6.61 Å². The number of ether oxygens (including phenoxy) is 1. The first kappa shape index (κ1) is 14.2. The van der Waals surface area contributed by atoms with E-state index in [-0.39, 0.29) is 6.04 Å². The van der Waals surface area contributed by atoms with E-state index in [2.05, 4.69) is 0 Å². The van der Waals surface area contributed by atoms with Crippen LogP contribution >= 0.6 is 0 Å². The van der Waals surface area contributed by atoms with Gasteiger partial charge in [0.25, 0.3) is 0 Å². The Morgan fingerprint density at radius 2 is 2.07 bits per heavy atom. The summed E-state index contributed by atoms with van der Waals surface area (Å²) in [5.74, 6) is 0. The van der Waals surface area contributed by atoms with E-state index in [0.29, 0.717) is 19.8 Å². The molecule has 0 rings (SSSR count). The minimum absolute atomic E-state index is 0.278. The van der Waals surface area contributed by atoms with E-state index in [1.54, 1.807) is 0 Å². The molecule has 0 fully saturated rings. The van der Waals surface area contributed by atoms with Crippen LogP contribution in [-0.4, -0.2) is 47.4 Å². The molecule has 0 aromatic heterocycles. The first-order valence-electron chi connectivity index (χ1n) is 5.13. The van der Waals surface area contributed by atoms with Crippen molar-refractivity contribution >= 4 is 6.09 Å². The summed E-state index contributed by atoms with van der Waals surface area (Å²) in [4.78, 5) is 12.3. The van der Waals surface area contributed by atoms with Crippen molar-refractivity contribution in [3.05, 3.63) is 0 Å². The molecule has 0 aromatic rings. The van der Waals surface area contributed by atoms with E-state index < -0.39 is 11.6 Å². The van der Waals surface area contributed by atoms with E-state index in [9.17, 15) is 4.79 Å². The maximum atomic E-state index is 11.0. The van der Waals surface area contributed by atoms with Gasteiger partial charge in [0, 0.05) is 24.7 Å². The molecule has 1 unspecified atom stereocenters. The summed E-state index contributed by atoms with van der Waals surface area (Å²) in [7, 11) is 0. The molecule has 5 nitrogen and oxygen atoms in total. The van der Waals surface area contributed by atoms with Crippen molar-refractivity contribution in [1.82, 2.24) is 4.90 Å². The number of nitrogens with two attached hydrogens (primary N) is 1. The highest BCUT2D eigenvalue weighted by Gasteiger charge is 2.27. The third-order valence-electron chi connectivity index (χ3n) is 1.99. The summed E-state index contributed by atoms with van der Waals surface area (Å²) < 4.78 is 5.14. The molecule has 5 heteroatoms. The van der Waals surface area contributed by atoms with Crippen LogP contribution in [0.3, 0.4) is 0 Å². The minimum atomic E-state index is -0.950. The van der Waals surface area contributed by atoms with Crippen LogP contribution in [0.2, 0.25) is 0 Å². The molecule has 0 bridgehead atoms. The molecule has 0 aromatic carbocycles. The summed E-state index contributed by atoms with van der Waals surface area (Å²) in [6.45, 7) is 8.68. The SMILES string of the molecule is CCOCC(N)CN(C(=O)O)C(C)(C)C. The lowest BCUT2D eigenvalue weighted by molar-refractivity contribution is 0.0764. The van der Waals surface area contributed by atoms with E-state index >= 15 is 0 Å². The van der Waals surface area contributed by atoms with Gasteiger partial charge in [-0.2, -0.15) is 0 Å². The molecule has 15 heavy (non-hydrogen) atoms. The molecular weight excluding hydrogens is 196 g/mol. The van der Waals surface area contributed by atoms with Crippen molar-refractivity contribution in [3.8, 4) is 0 Å². The quantitative estimate of drug-likeness (QED) is 0.725. The van der Waals surface area contributed by atoms with Crippen LogP contribution in [-0.2, 0) is 4.74 Å². The predicted octanol–water partition coefficient (Wildman–Crippen LogP) is 1.13. The number of hydrogen-bond donors (Lipinski definition) is 2. The zero-order chi connectivity index (χ0) is 12.1. The van der Waals surface area contributed by atoms with Crippen molar-refractivity contribution in [1.29, 1.82) is 0 Å². The maximum absolute atomic E-state index is 11.0. The fourth-order valence-corrected chi connectivity index (χ4v) is 1.20. The van der Waals surface area contributed by atoms with Crippen LogP contribution in [0.5, 0.6) is 0 Å². The first-order valence-corrected chi connectivity index (χ1v) is 5.13. The van der Waals surface area contributed by atoms with Crippen LogP contribution in [0.1, 0.15) is 27.7 Å². The van der Waals surface area contributed by atoms with Gasteiger partial charge in [-0.25, -0.2) is 4.79 Å². The Kier molecular flexibility index (Phi) is 5.60. The monoisotopic (exact) mass is 218 g/mol. The Balaban J connectivity index is 4.24. The van der Waals surface area contributed by atoms with Crippen LogP contribution in [0, 0.1) is 0 Å². The number of rotatable bonds is 5. The fraction of sp³-hybridized carbons (Fsp3) is 0.900. The maximum Gasteiger partial charge on any atom is 0.407 e. The van der Waals surface area contributed by atoms with Gasteiger partial charge in [-0.05, 0) is 27.7 Å². The van der Waals surface area contributed by atoms with Crippen LogP contribution in [0.25, 0.3) is 0 Å². The molecular formula is C10H22N2O3.